The van der Waals surface area contributed by atoms with Crippen molar-refractivity contribution < 1.29 is 8.78 Å². The molecular weight excluding hydrogens is 234 g/mol. The zero-order valence-corrected chi connectivity index (χ0v) is 9.55. The summed E-state index contributed by atoms with van der Waals surface area (Å²) < 4.78 is 26.3. The molecule has 18 heavy (non-hydrogen) atoms. The minimum absolute atomic E-state index is 0.532. The molecule has 0 saturated carbocycles. The van der Waals surface area contributed by atoms with Crippen LogP contribution in [-0.2, 0) is 0 Å². The number of hydrogen-bond acceptors (Lipinski definition) is 2. The van der Waals surface area contributed by atoms with Gasteiger partial charge in [-0.1, -0.05) is 30.3 Å². The molecule has 1 aliphatic heterocycles. The number of amidine groups is 1. The Bertz CT molecular complexity index is 516. The van der Waals surface area contributed by atoms with Crippen LogP contribution >= 0.6 is 0 Å². The normalized spacial score (nSPS) is 23.3. The Hall–Kier alpha value is -2.23. The average Bonchev–Trinajstić information content (AvgIpc) is 2.38. The molecule has 2 nitrogen and oxygen atoms in total. The van der Waals surface area contributed by atoms with Gasteiger partial charge in [0, 0.05) is 18.0 Å². The largest absolute Gasteiger partial charge is 0.346 e. The predicted octanol–water partition coefficient (Wildman–Crippen LogP) is 3.26. The van der Waals surface area contributed by atoms with Crippen LogP contribution in [0.1, 0.15) is 5.56 Å². The maximum absolute atomic E-state index is 13.2. The fourth-order valence-corrected chi connectivity index (χ4v) is 1.45. The molecule has 0 radical (unpaired) electrons. The first-order valence-electron chi connectivity index (χ1n) is 5.50. The standard InChI is InChI=1S/C14H12F2N2/c15-12-6-8-17-14(11-4-2-1-3-5-11)18-9-7-13(16)10-12/h1-10,12H,(H,17,18)/b8-6+,9-7+,13-10?. The first-order chi connectivity index (χ1) is 8.75. The van der Waals surface area contributed by atoms with Crippen LogP contribution in [0.15, 0.2) is 71.8 Å². The molecule has 0 fully saturated rings. The van der Waals surface area contributed by atoms with Gasteiger partial charge in [0.05, 0.1) is 0 Å². The molecule has 0 bridgehead atoms. The third-order valence-electron chi connectivity index (χ3n) is 2.30. The van der Waals surface area contributed by atoms with Crippen molar-refractivity contribution in [1.82, 2.24) is 5.32 Å². The summed E-state index contributed by atoms with van der Waals surface area (Å²) >= 11 is 0. The lowest BCUT2D eigenvalue weighted by Gasteiger charge is -2.06. The molecule has 0 amide bonds. The first kappa shape index (κ1) is 12.2. The van der Waals surface area contributed by atoms with Gasteiger partial charge in [0.2, 0.25) is 0 Å². The molecule has 0 spiro atoms. The molecule has 2 rings (SSSR count). The molecule has 1 aromatic rings. The molecule has 0 aliphatic carbocycles. The van der Waals surface area contributed by atoms with Crippen LogP contribution in [0.2, 0.25) is 0 Å². The van der Waals surface area contributed by atoms with E-state index in [1.165, 1.54) is 18.5 Å². The molecule has 1 atom stereocenters. The quantitative estimate of drug-likeness (QED) is 0.808. The van der Waals surface area contributed by atoms with Gasteiger partial charge in [0.15, 0.2) is 0 Å². The molecular formula is C14H12F2N2. The highest BCUT2D eigenvalue weighted by Crippen LogP contribution is 2.07. The van der Waals surface area contributed by atoms with Gasteiger partial charge in [-0.2, -0.15) is 0 Å². The fourth-order valence-electron chi connectivity index (χ4n) is 1.45. The molecule has 92 valence electrons. The van der Waals surface area contributed by atoms with E-state index in [-0.39, 0.29) is 0 Å². The van der Waals surface area contributed by atoms with E-state index < -0.39 is 12.0 Å². The van der Waals surface area contributed by atoms with Crippen LogP contribution < -0.4 is 5.32 Å². The molecule has 1 unspecified atom stereocenters. The highest BCUT2D eigenvalue weighted by molar-refractivity contribution is 5.99. The highest BCUT2D eigenvalue weighted by atomic mass is 19.1. The number of alkyl halides is 1. The Morgan fingerprint density at radius 2 is 1.94 bits per heavy atom. The average molecular weight is 246 g/mol. The Kier molecular flexibility index (Phi) is 4.02. The summed E-state index contributed by atoms with van der Waals surface area (Å²) in [6.45, 7) is 0. The summed E-state index contributed by atoms with van der Waals surface area (Å²) in [5, 5.41) is 2.87. The van der Waals surface area contributed by atoms with Gasteiger partial charge >= 0.3 is 0 Å². The van der Waals surface area contributed by atoms with Crippen molar-refractivity contribution >= 4 is 5.84 Å². The van der Waals surface area contributed by atoms with E-state index in [9.17, 15) is 8.78 Å². The van der Waals surface area contributed by atoms with Crippen LogP contribution in [-0.4, -0.2) is 12.0 Å². The maximum atomic E-state index is 13.2. The van der Waals surface area contributed by atoms with Gasteiger partial charge < -0.3 is 5.32 Å². The van der Waals surface area contributed by atoms with Crippen molar-refractivity contribution in [3.63, 3.8) is 0 Å². The summed E-state index contributed by atoms with van der Waals surface area (Å²) in [7, 11) is 0. The zero-order valence-electron chi connectivity index (χ0n) is 9.55. The molecule has 1 N–H and O–H groups in total. The Morgan fingerprint density at radius 1 is 1.17 bits per heavy atom. The van der Waals surface area contributed by atoms with Crippen molar-refractivity contribution in [1.29, 1.82) is 0 Å². The summed E-state index contributed by atoms with van der Waals surface area (Å²) in [5.41, 5.74) is 0.840. The van der Waals surface area contributed by atoms with Crippen molar-refractivity contribution in [2.45, 2.75) is 6.17 Å². The number of aliphatic imine (C=N–C) groups is 1. The molecule has 1 aromatic carbocycles. The van der Waals surface area contributed by atoms with Crippen molar-refractivity contribution in [2.24, 2.45) is 4.99 Å². The number of rotatable bonds is 1. The minimum Gasteiger partial charge on any atom is -0.346 e. The lowest BCUT2D eigenvalue weighted by molar-refractivity contribution is 0.460. The third-order valence-corrected chi connectivity index (χ3v) is 2.30. The Labute approximate surface area is 104 Å². The number of halogens is 2. The van der Waals surface area contributed by atoms with E-state index in [0.717, 1.165) is 17.7 Å². The zero-order chi connectivity index (χ0) is 12.8. The Balaban J connectivity index is 2.29. The monoisotopic (exact) mass is 246 g/mol. The van der Waals surface area contributed by atoms with Gasteiger partial charge in [0.25, 0.3) is 0 Å². The van der Waals surface area contributed by atoms with Crippen LogP contribution in [0.25, 0.3) is 0 Å². The lowest BCUT2D eigenvalue weighted by Crippen LogP contribution is -2.18. The summed E-state index contributed by atoms with van der Waals surface area (Å²) in [4.78, 5) is 4.11. The van der Waals surface area contributed by atoms with Gasteiger partial charge in [-0.15, -0.1) is 0 Å². The van der Waals surface area contributed by atoms with E-state index in [1.54, 1.807) is 0 Å². The highest BCUT2D eigenvalue weighted by Gasteiger charge is 2.03. The van der Waals surface area contributed by atoms with E-state index >= 15 is 0 Å². The Morgan fingerprint density at radius 3 is 2.72 bits per heavy atom. The summed E-state index contributed by atoms with van der Waals surface area (Å²) in [5.74, 6) is -0.0982. The van der Waals surface area contributed by atoms with E-state index in [1.807, 2.05) is 30.3 Å². The topological polar surface area (TPSA) is 24.4 Å². The van der Waals surface area contributed by atoms with Crippen molar-refractivity contribution in [2.75, 3.05) is 0 Å². The molecule has 1 heterocycles. The smallest absolute Gasteiger partial charge is 0.141 e. The van der Waals surface area contributed by atoms with Crippen molar-refractivity contribution in [3.8, 4) is 0 Å². The van der Waals surface area contributed by atoms with Crippen LogP contribution in [0.3, 0.4) is 0 Å². The van der Waals surface area contributed by atoms with E-state index in [4.69, 9.17) is 0 Å². The number of nitrogens with zero attached hydrogens (tertiary/aromatic N) is 1. The molecule has 0 aromatic heterocycles. The molecule has 0 saturated heterocycles. The minimum atomic E-state index is -1.48. The second-order valence-corrected chi connectivity index (χ2v) is 3.66. The van der Waals surface area contributed by atoms with Gasteiger partial charge in [-0.05, 0) is 18.2 Å². The number of hydrogen-bond donors (Lipinski definition) is 1. The first-order valence-corrected chi connectivity index (χ1v) is 5.50. The second-order valence-electron chi connectivity index (χ2n) is 3.66. The van der Waals surface area contributed by atoms with Crippen LogP contribution in [0.5, 0.6) is 0 Å². The molecule has 4 heteroatoms. The SMILES string of the molecule is FC1=CC(F)/C=C/N=C(c2ccccc2)N/C=C/1. The van der Waals surface area contributed by atoms with Crippen molar-refractivity contribution in [3.05, 3.63) is 72.4 Å². The third kappa shape index (κ3) is 3.38. The maximum Gasteiger partial charge on any atom is 0.141 e. The van der Waals surface area contributed by atoms with Gasteiger partial charge in [-0.25, -0.2) is 13.8 Å². The summed E-state index contributed by atoms with van der Waals surface area (Å²) in [6.07, 6.45) is 4.45. The van der Waals surface area contributed by atoms with Gasteiger partial charge in [-0.3, -0.25) is 0 Å². The van der Waals surface area contributed by atoms with Crippen LogP contribution in [0.4, 0.5) is 8.78 Å². The lowest BCUT2D eigenvalue weighted by atomic mass is 10.2. The predicted molar refractivity (Wildman–Crippen MR) is 68.5 cm³/mol. The fraction of sp³-hybridized carbons (Fsp3) is 0.0714. The molecule has 1 aliphatic rings. The van der Waals surface area contributed by atoms with Gasteiger partial charge in [0.1, 0.15) is 17.8 Å². The summed E-state index contributed by atoms with van der Waals surface area (Å²) in [6, 6.07) is 9.33. The second kappa shape index (κ2) is 5.91. The number of allylic oxidation sites excluding steroid dienone is 4. The van der Waals surface area contributed by atoms with E-state index in [0.29, 0.717) is 5.84 Å². The number of nitrogens with one attached hydrogen (secondary N) is 1. The van der Waals surface area contributed by atoms with E-state index in [2.05, 4.69) is 10.3 Å². The number of benzene rings is 1. The van der Waals surface area contributed by atoms with Crippen LogP contribution in [0, 0.1) is 0 Å².